The second-order valence-electron chi connectivity index (χ2n) is 7.69. The zero-order chi connectivity index (χ0) is 18.9. The molecule has 0 bridgehead atoms. The molecule has 3 heterocycles. The number of thiophene rings is 1. The van der Waals surface area contributed by atoms with Gasteiger partial charge < -0.3 is 20.0 Å². The van der Waals surface area contributed by atoms with Crippen molar-refractivity contribution in [2.75, 3.05) is 39.8 Å². The summed E-state index contributed by atoms with van der Waals surface area (Å²) in [6.07, 6.45) is 0.363. The van der Waals surface area contributed by atoms with Gasteiger partial charge in [0, 0.05) is 63.0 Å². The third-order valence-corrected chi connectivity index (χ3v) is 5.65. The smallest absolute Gasteiger partial charge is 0.317 e. The maximum atomic E-state index is 12.9. The summed E-state index contributed by atoms with van der Waals surface area (Å²) in [4.78, 5) is 43.0. The molecule has 2 aliphatic rings. The summed E-state index contributed by atoms with van der Waals surface area (Å²) < 4.78 is 0. The third-order valence-electron chi connectivity index (χ3n) is 4.97. The van der Waals surface area contributed by atoms with Gasteiger partial charge in [0.25, 0.3) is 5.91 Å². The summed E-state index contributed by atoms with van der Waals surface area (Å²) in [5.41, 5.74) is 0.255. The molecule has 0 saturated carbocycles. The Morgan fingerprint density at radius 3 is 2.46 bits per heavy atom. The molecule has 1 N–H and O–H groups in total. The highest BCUT2D eigenvalue weighted by atomic mass is 32.1. The van der Waals surface area contributed by atoms with Crippen molar-refractivity contribution >= 4 is 29.2 Å². The van der Waals surface area contributed by atoms with E-state index < -0.39 is 5.41 Å². The van der Waals surface area contributed by atoms with E-state index in [2.05, 4.69) is 5.32 Å². The molecule has 3 rings (SSSR count). The molecule has 7 nitrogen and oxygen atoms in total. The SMILES string of the molecule is CC(C)NC(=O)N1CCN(C(=O)c2ccsc2)C[C@]2(CC(=O)N(C)C2)C1. The van der Waals surface area contributed by atoms with E-state index in [9.17, 15) is 14.4 Å². The largest absolute Gasteiger partial charge is 0.345 e. The van der Waals surface area contributed by atoms with Crippen LogP contribution in [0.3, 0.4) is 0 Å². The monoisotopic (exact) mass is 378 g/mol. The van der Waals surface area contributed by atoms with Gasteiger partial charge in [-0.25, -0.2) is 4.79 Å². The van der Waals surface area contributed by atoms with Crippen molar-refractivity contribution in [1.82, 2.24) is 20.0 Å². The molecule has 0 aromatic carbocycles. The minimum absolute atomic E-state index is 0.0289. The maximum Gasteiger partial charge on any atom is 0.317 e. The van der Waals surface area contributed by atoms with Crippen LogP contribution in [0.25, 0.3) is 0 Å². The average Bonchev–Trinajstić information content (AvgIpc) is 3.13. The molecule has 26 heavy (non-hydrogen) atoms. The number of amides is 4. The molecule has 1 aromatic rings. The normalized spacial score (nSPS) is 23.7. The van der Waals surface area contributed by atoms with Crippen LogP contribution in [0.5, 0.6) is 0 Å². The molecule has 2 saturated heterocycles. The summed E-state index contributed by atoms with van der Waals surface area (Å²) in [5, 5.41) is 6.65. The Hall–Kier alpha value is -2.09. The molecule has 0 unspecified atom stereocenters. The number of rotatable bonds is 2. The summed E-state index contributed by atoms with van der Waals surface area (Å²) >= 11 is 1.49. The number of nitrogens with zero attached hydrogens (tertiary/aromatic N) is 3. The van der Waals surface area contributed by atoms with E-state index in [-0.39, 0.29) is 23.9 Å². The highest BCUT2D eigenvalue weighted by Gasteiger charge is 2.47. The minimum atomic E-state index is -0.414. The first kappa shape index (κ1) is 18.7. The van der Waals surface area contributed by atoms with Crippen LogP contribution in [-0.4, -0.2) is 78.4 Å². The van der Waals surface area contributed by atoms with Crippen LogP contribution in [0.15, 0.2) is 16.8 Å². The lowest BCUT2D eigenvalue weighted by molar-refractivity contribution is -0.126. The van der Waals surface area contributed by atoms with E-state index in [1.54, 1.807) is 21.7 Å². The van der Waals surface area contributed by atoms with Crippen molar-refractivity contribution in [2.45, 2.75) is 26.3 Å². The van der Waals surface area contributed by atoms with Gasteiger partial charge in [0.15, 0.2) is 0 Å². The third kappa shape index (κ3) is 3.85. The van der Waals surface area contributed by atoms with E-state index in [0.29, 0.717) is 44.7 Å². The summed E-state index contributed by atoms with van der Waals surface area (Å²) in [6.45, 7) is 6.31. The quantitative estimate of drug-likeness (QED) is 0.847. The van der Waals surface area contributed by atoms with Crippen molar-refractivity contribution in [3.8, 4) is 0 Å². The Labute approximate surface area is 157 Å². The predicted octanol–water partition coefficient (Wildman–Crippen LogP) is 1.47. The molecule has 1 spiro atoms. The lowest BCUT2D eigenvalue weighted by Crippen LogP contribution is -2.49. The number of urea groups is 1. The fourth-order valence-corrected chi connectivity index (χ4v) is 4.46. The van der Waals surface area contributed by atoms with Crippen molar-refractivity contribution in [1.29, 1.82) is 0 Å². The van der Waals surface area contributed by atoms with Crippen LogP contribution < -0.4 is 5.32 Å². The Morgan fingerprint density at radius 1 is 1.19 bits per heavy atom. The molecule has 0 radical (unpaired) electrons. The van der Waals surface area contributed by atoms with E-state index >= 15 is 0 Å². The van der Waals surface area contributed by atoms with E-state index in [1.165, 1.54) is 11.3 Å². The van der Waals surface area contributed by atoms with Crippen LogP contribution in [-0.2, 0) is 4.79 Å². The van der Waals surface area contributed by atoms with Gasteiger partial charge in [0.05, 0.1) is 5.56 Å². The van der Waals surface area contributed by atoms with Crippen molar-refractivity contribution in [3.05, 3.63) is 22.4 Å². The molecule has 142 valence electrons. The predicted molar refractivity (Wildman–Crippen MR) is 100 cm³/mol. The van der Waals surface area contributed by atoms with E-state index in [4.69, 9.17) is 0 Å². The maximum absolute atomic E-state index is 12.9. The lowest BCUT2D eigenvalue weighted by atomic mass is 9.86. The fourth-order valence-electron chi connectivity index (χ4n) is 3.83. The summed E-state index contributed by atoms with van der Waals surface area (Å²) in [6, 6.07) is 1.73. The molecule has 2 aliphatic heterocycles. The fraction of sp³-hybridized carbons (Fsp3) is 0.611. The van der Waals surface area contributed by atoms with Gasteiger partial charge >= 0.3 is 6.03 Å². The van der Waals surface area contributed by atoms with Crippen molar-refractivity contribution in [2.24, 2.45) is 5.41 Å². The molecule has 4 amide bonds. The van der Waals surface area contributed by atoms with Gasteiger partial charge in [-0.15, -0.1) is 0 Å². The number of hydrogen-bond donors (Lipinski definition) is 1. The number of likely N-dealkylation sites (tertiary alicyclic amines) is 1. The van der Waals surface area contributed by atoms with Crippen LogP contribution in [0, 0.1) is 5.41 Å². The first-order valence-corrected chi connectivity index (χ1v) is 9.85. The Morgan fingerprint density at radius 2 is 1.88 bits per heavy atom. The first-order valence-electron chi connectivity index (χ1n) is 8.90. The van der Waals surface area contributed by atoms with Crippen LogP contribution in [0.2, 0.25) is 0 Å². The molecular formula is C18H26N4O3S. The molecule has 8 heteroatoms. The first-order chi connectivity index (χ1) is 12.3. The Kier molecular flexibility index (Phi) is 5.22. The standard InChI is InChI=1S/C18H26N4O3S/c1-13(2)19-17(25)22-6-5-21(16(24)14-4-7-26-9-14)11-18(12-22)8-15(23)20(3)10-18/h4,7,9,13H,5-6,8,10-12H2,1-3H3,(H,19,25)/t18-/m1/s1. The lowest BCUT2D eigenvalue weighted by Gasteiger charge is -2.33. The van der Waals surface area contributed by atoms with Gasteiger partial charge in [-0.05, 0) is 25.3 Å². The average molecular weight is 378 g/mol. The molecule has 1 aromatic heterocycles. The van der Waals surface area contributed by atoms with Gasteiger partial charge in [-0.3, -0.25) is 9.59 Å². The number of hydrogen-bond acceptors (Lipinski definition) is 4. The van der Waals surface area contributed by atoms with Crippen LogP contribution in [0.1, 0.15) is 30.6 Å². The van der Waals surface area contributed by atoms with Crippen LogP contribution in [0.4, 0.5) is 4.79 Å². The number of nitrogens with one attached hydrogen (secondary N) is 1. The van der Waals surface area contributed by atoms with Crippen molar-refractivity contribution in [3.63, 3.8) is 0 Å². The van der Waals surface area contributed by atoms with E-state index in [0.717, 1.165) is 0 Å². The van der Waals surface area contributed by atoms with Gasteiger partial charge in [0.1, 0.15) is 0 Å². The molecular weight excluding hydrogens is 352 g/mol. The van der Waals surface area contributed by atoms with Crippen LogP contribution >= 0.6 is 11.3 Å². The highest BCUT2D eigenvalue weighted by Crippen LogP contribution is 2.35. The minimum Gasteiger partial charge on any atom is -0.345 e. The second-order valence-corrected chi connectivity index (χ2v) is 8.47. The highest BCUT2D eigenvalue weighted by molar-refractivity contribution is 7.08. The van der Waals surface area contributed by atoms with Crippen molar-refractivity contribution < 1.29 is 14.4 Å². The number of carbonyl (C=O) groups is 3. The van der Waals surface area contributed by atoms with Gasteiger partial charge in [0.2, 0.25) is 5.91 Å². The summed E-state index contributed by atoms with van der Waals surface area (Å²) in [5.74, 6) is 0.0396. The topological polar surface area (TPSA) is 73.0 Å². The second kappa shape index (κ2) is 7.26. The molecule has 0 aliphatic carbocycles. The Balaban J connectivity index is 1.84. The summed E-state index contributed by atoms with van der Waals surface area (Å²) in [7, 11) is 1.78. The van der Waals surface area contributed by atoms with Gasteiger partial charge in [-0.2, -0.15) is 11.3 Å². The molecule has 2 fully saturated rings. The molecule has 1 atom stereocenters. The Bertz CT molecular complexity index is 691. The zero-order valence-corrected chi connectivity index (χ0v) is 16.3. The zero-order valence-electron chi connectivity index (χ0n) is 15.5. The van der Waals surface area contributed by atoms with Gasteiger partial charge in [-0.1, -0.05) is 0 Å². The number of carbonyl (C=O) groups excluding carboxylic acids is 3. The van der Waals surface area contributed by atoms with E-state index in [1.807, 2.05) is 30.7 Å².